The Balaban J connectivity index is 2.59. The third-order valence-corrected chi connectivity index (χ3v) is 4.58. The first kappa shape index (κ1) is 16.8. The molecule has 1 saturated carbocycles. The number of carboxylic acids is 1. The summed E-state index contributed by atoms with van der Waals surface area (Å²) in [5, 5.41) is 14.8. The fourth-order valence-electron chi connectivity index (χ4n) is 2.79. The lowest BCUT2D eigenvalue weighted by Gasteiger charge is -2.39. The zero-order valence-electron chi connectivity index (χ0n) is 13.0. The highest BCUT2D eigenvalue weighted by atomic mass is 16.4. The molecule has 0 aliphatic heterocycles. The van der Waals surface area contributed by atoms with Gasteiger partial charge in [0, 0.05) is 6.04 Å². The van der Waals surface area contributed by atoms with Crippen LogP contribution in [-0.4, -0.2) is 29.2 Å². The Morgan fingerprint density at radius 3 is 2.50 bits per heavy atom. The molecule has 3 N–H and O–H groups in total. The van der Waals surface area contributed by atoms with Crippen LogP contribution in [0.1, 0.15) is 59.8 Å². The van der Waals surface area contributed by atoms with E-state index in [1.54, 1.807) is 0 Å². The van der Waals surface area contributed by atoms with Crippen LogP contribution in [-0.2, 0) is 4.79 Å². The Morgan fingerprint density at radius 2 is 2.00 bits per heavy atom. The summed E-state index contributed by atoms with van der Waals surface area (Å²) in [6, 6.07) is -1.08. The molecular formula is C15H28N2O3. The summed E-state index contributed by atoms with van der Waals surface area (Å²) >= 11 is 0. The van der Waals surface area contributed by atoms with E-state index in [-0.39, 0.29) is 23.4 Å². The molecule has 20 heavy (non-hydrogen) atoms. The molecule has 0 heterocycles. The van der Waals surface area contributed by atoms with Crippen LogP contribution in [0, 0.1) is 11.3 Å². The highest BCUT2D eigenvalue weighted by Crippen LogP contribution is 2.35. The number of hydrogen-bond acceptors (Lipinski definition) is 2. The summed E-state index contributed by atoms with van der Waals surface area (Å²) in [5.41, 5.74) is 0.0741. The Labute approximate surface area is 121 Å². The zero-order chi connectivity index (χ0) is 15.3. The number of carbonyl (C=O) groups excluding carboxylic acids is 1. The van der Waals surface area contributed by atoms with Gasteiger partial charge in [0.25, 0.3) is 0 Å². The average Bonchev–Trinajstić information content (AvgIpc) is 2.37. The summed E-state index contributed by atoms with van der Waals surface area (Å²) in [6.07, 6.45) is 5.07. The maximum absolute atomic E-state index is 12.0. The summed E-state index contributed by atoms with van der Waals surface area (Å²) in [5.74, 6) is -1.06. The maximum atomic E-state index is 12.0. The zero-order valence-corrected chi connectivity index (χ0v) is 13.0. The second-order valence-corrected chi connectivity index (χ2v) is 6.61. The average molecular weight is 284 g/mol. The van der Waals surface area contributed by atoms with E-state index in [1.165, 1.54) is 6.42 Å². The number of urea groups is 1. The quantitative estimate of drug-likeness (QED) is 0.726. The van der Waals surface area contributed by atoms with Crippen molar-refractivity contribution in [3.63, 3.8) is 0 Å². The van der Waals surface area contributed by atoms with Gasteiger partial charge in [0.1, 0.15) is 6.04 Å². The predicted octanol–water partition coefficient (Wildman–Crippen LogP) is 2.75. The molecule has 3 atom stereocenters. The molecule has 1 aliphatic carbocycles. The van der Waals surface area contributed by atoms with Gasteiger partial charge in [-0.25, -0.2) is 9.59 Å². The van der Waals surface area contributed by atoms with Crippen molar-refractivity contribution in [3.8, 4) is 0 Å². The molecule has 3 unspecified atom stereocenters. The molecule has 1 aliphatic rings. The largest absolute Gasteiger partial charge is 0.480 e. The van der Waals surface area contributed by atoms with E-state index in [0.717, 1.165) is 19.3 Å². The first-order valence-corrected chi connectivity index (χ1v) is 7.57. The lowest BCUT2D eigenvalue weighted by atomic mass is 9.73. The van der Waals surface area contributed by atoms with E-state index >= 15 is 0 Å². The first-order valence-electron chi connectivity index (χ1n) is 7.57. The molecule has 0 radical (unpaired) electrons. The molecule has 0 aromatic rings. The van der Waals surface area contributed by atoms with Crippen molar-refractivity contribution >= 4 is 12.0 Å². The van der Waals surface area contributed by atoms with Gasteiger partial charge >= 0.3 is 12.0 Å². The Bertz CT molecular complexity index is 355. The molecule has 0 spiro atoms. The fraction of sp³-hybridized carbons (Fsp3) is 0.867. The van der Waals surface area contributed by atoms with Crippen molar-refractivity contribution in [3.05, 3.63) is 0 Å². The Morgan fingerprint density at radius 1 is 1.35 bits per heavy atom. The number of aliphatic carboxylic acids is 1. The summed E-state index contributed by atoms with van der Waals surface area (Å²) in [6.45, 7) is 8.06. The molecule has 116 valence electrons. The maximum Gasteiger partial charge on any atom is 0.326 e. The number of carboxylic acid groups (broad SMARTS) is 1. The highest BCUT2D eigenvalue weighted by molar-refractivity contribution is 5.82. The molecule has 0 bridgehead atoms. The highest BCUT2D eigenvalue weighted by Gasteiger charge is 2.34. The summed E-state index contributed by atoms with van der Waals surface area (Å²) < 4.78 is 0. The van der Waals surface area contributed by atoms with Crippen LogP contribution in [0.4, 0.5) is 4.79 Å². The van der Waals surface area contributed by atoms with Crippen molar-refractivity contribution in [2.75, 3.05) is 0 Å². The molecule has 0 saturated heterocycles. The van der Waals surface area contributed by atoms with Gasteiger partial charge in [0.05, 0.1) is 0 Å². The van der Waals surface area contributed by atoms with E-state index in [1.807, 2.05) is 13.8 Å². The van der Waals surface area contributed by atoms with E-state index in [9.17, 15) is 14.7 Å². The molecule has 1 fully saturated rings. The Kier molecular flexibility index (Phi) is 5.84. The lowest BCUT2D eigenvalue weighted by molar-refractivity contribution is -0.140. The van der Waals surface area contributed by atoms with Crippen LogP contribution in [0.25, 0.3) is 0 Å². The second-order valence-electron chi connectivity index (χ2n) is 6.61. The van der Waals surface area contributed by atoms with Gasteiger partial charge in [-0.3, -0.25) is 0 Å². The van der Waals surface area contributed by atoms with E-state index < -0.39 is 12.0 Å². The molecular weight excluding hydrogens is 256 g/mol. The summed E-state index contributed by atoms with van der Waals surface area (Å²) in [4.78, 5) is 23.3. The minimum Gasteiger partial charge on any atom is -0.480 e. The molecule has 5 heteroatoms. The minimum atomic E-state index is -0.975. The lowest BCUT2D eigenvalue weighted by Crippen LogP contribution is -2.54. The number of amides is 2. The van der Waals surface area contributed by atoms with E-state index in [2.05, 4.69) is 24.5 Å². The van der Waals surface area contributed by atoms with Gasteiger partial charge in [-0.15, -0.1) is 0 Å². The third kappa shape index (κ3) is 4.39. The Hall–Kier alpha value is -1.26. The van der Waals surface area contributed by atoms with Crippen LogP contribution < -0.4 is 10.6 Å². The second kappa shape index (κ2) is 6.95. The van der Waals surface area contributed by atoms with Gasteiger partial charge in [0.15, 0.2) is 0 Å². The van der Waals surface area contributed by atoms with Gasteiger partial charge < -0.3 is 15.7 Å². The monoisotopic (exact) mass is 284 g/mol. The predicted molar refractivity (Wildman–Crippen MR) is 78.6 cm³/mol. The van der Waals surface area contributed by atoms with Gasteiger partial charge in [-0.05, 0) is 24.2 Å². The van der Waals surface area contributed by atoms with Gasteiger partial charge in [-0.1, -0.05) is 47.0 Å². The van der Waals surface area contributed by atoms with Crippen LogP contribution in [0.15, 0.2) is 0 Å². The van der Waals surface area contributed by atoms with Gasteiger partial charge in [-0.2, -0.15) is 0 Å². The van der Waals surface area contributed by atoms with Crippen LogP contribution in [0.2, 0.25) is 0 Å². The fourth-order valence-corrected chi connectivity index (χ4v) is 2.79. The number of rotatable bonds is 5. The molecule has 1 rings (SSSR count). The molecule has 0 aromatic carbocycles. The van der Waals surface area contributed by atoms with Crippen LogP contribution >= 0.6 is 0 Å². The first-order chi connectivity index (χ1) is 9.27. The molecule has 2 amide bonds. The smallest absolute Gasteiger partial charge is 0.326 e. The molecule has 0 aromatic heterocycles. The van der Waals surface area contributed by atoms with Crippen molar-refractivity contribution in [2.45, 2.75) is 71.9 Å². The van der Waals surface area contributed by atoms with Gasteiger partial charge in [0.2, 0.25) is 0 Å². The van der Waals surface area contributed by atoms with E-state index in [4.69, 9.17) is 0 Å². The number of hydrogen-bond donors (Lipinski definition) is 3. The minimum absolute atomic E-state index is 0.0741. The van der Waals surface area contributed by atoms with Crippen LogP contribution in [0.5, 0.6) is 0 Å². The number of carbonyl (C=O) groups is 2. The normalized spacial score (nSPS) is 24.5. The SMILES string of the molecule is CCC(C)C(NC(=O)NC1CCCCC1(C)C)C(=O)O. The van der Waals surface area contributed by atoms with Crippen molar-refractivity contribution in [1.29, 1.82) is 0 Å². The third-order valence-electron chi connectivity index (χ3n) is 4.58. The van der Waals surface area contributed by atoms with Crippen molar-refractivity contribution in [1.82, 2.24) is 10.6 Å². The van der Waals surface area contributed by atoms with Crippen molar-refractivity contribution < 1.29 is 14.7 Å². The standard InChI is InChI=1S/C15H28N2O3/c1-5-10(2)12(13(18)19)17-14(20)16-11-8-6-7-9-15(11,3)4/h10-12H,5-9H2,1-4H3,(H,18,19)(H2,16,17,20). The van der Waals surface area contributed by atoms with E-state index in [0.29, 0.717) is 6.42 Å². The molecule has 5 nitrogen and oxygen atoms in total. The number of nitrogens with one attached hydrogen (secondary N) is 2. The van der Waals surface area contributed by atoms with Crippen LogP contribution in [0.3, 0.4) is 0 Å². The van der Waals surface area contributed by atoms with Crippen molar-refractivity contribution in [2.24, 2.45) is 11.3 Å². The topological polar surface area (TPSA) is 78.4 Å². The summed E-state index contributed by atoms with van der Waals surface area (Å²) in [7, 11) is 0.